The van der Waals surface area contributed by atoms with Crippen LogP contribution < -0.4 is 10.1 Å². The van der Waals surface area contributed by atoms with Crippen LogP contribution in [0.5, 0.6) is 5.75 Å². The summed E-state index contributed by atoms with van der Waals surface area (Å²) < 4.78 is 6.37. The number of amides is 1. The Morgan fingerprint density at radius 2 is 1.97 bits per heavy atom. The van der Waals surface area contributed by atoms with Gasteiger partial charge in [-0.3, -0.25) is 9.69 Å². The van der Waals surface area contributed by atoms with E-state index >= 15 is 0 Å². The van der Waals surface area contributed by atoms with Gasteiger partial charge >= 0.3 is 0 Å². The molecule has 1 aliphatic heterocycles. The molecule has 0 atom stereocenters. The molecule has 2 aromatic heterocycles. The second-order valence-electron chi connectivity index (χ2n) is 7.50. The topological polar surface area (TPSA) is 54.5 Å². The van der Waals surface area contributed by atoms with E-state index in [2.05, 4.69) is 23.2 Å². The van der Waals surface area contributed by atoms with Gasteiger partial charge in [0.2, 0.25) is 0 Å². The molecular formula is C24H23N3O2S2. The lowest BCUT2D eigenvalue weighted by Crippen LogP contribution is -2.29. The van der Waals surface area contributed by atoms with E-state index in [9.17, 15) is 4.79 Å². The highest BCUT2D eigenvalue weighted by atomic mass is 32.1. The number of carbonyl (C=O) groups is 1. The first kappa shape index (κ1) is 20.2. The number of likely N-dealkylation sites (N-methyl/N-ethyl adjacent to an activating group) is 1. The van der Waals surface area contributed by atoms with E-state index in [1.54, 1.807) is 41.9 Å². The second kappa shape index (κ2) is 8.42. The van der Waals surface area contributed by atoms with E-state index in [1.807, 2.05) is 30.3 Å². The van der Waals surface area contributed by atoms with Crippen molar-refractivity contribution in [2.45, 2.75) is 19.9 Å². The Labute approximate surface area is 189 Å². The van der Waals surface area contributed by atoms with Gasteiger partial charge in [-0.05, 0) is 54.9 Å². The quantitative estimate of drug-likeness (QED) is 0.427. The molecule has 0 radical (unpaired) electrons. The molecule has 5 rings (SSSR count). The lowest BCUT2D eigenvalue weighted by molar-refractivity contribution is 0.102. The minimum atomic E-state index is -0.115. The highest BCUT2D eigenvalue weighted by molar-refractivity contribution is 7.23. The van der Waals surface area contributed by atoms with E-state index in [1.165, 1.54) is 10.4 Å². The van der Waals surface area contributed by atoms with Crippen molar-refractivity contribution in [1.82, 2.24) is 9.88 Å². The van der Waals surface area contributed by atoms with Crippen molar-refractivity contribution in [3.05, 3.63) is 64.5 Å². The first-order chi connectivity index (χ1) is 15.2. The van der Waals surface area contributed by atoms with Crippen LogP contribution in [-0.4, -0.2) is 36.0 Å². The maximum atomic E-state index is 13.0. The van der Waals surface area contributed by atoms with Gasteiger partial charge in [-0.1, -0.05) is 19.1 Å². The van der Waals surface area contributed by atoms with Gasteiger partial charge in [0.25, 0.3) is 5.91 Å². The maximum Gasteiger partial charge on any atom is 0.256 e. The van der Waals surface area contributed by atoms with E-state index in [0.717, 1.165) is 57.6 Å². The van der Waals surface area contributed by atoms with Gasteiger partial charge in [-0.25, -0.2) is 4.98 Å². The Kier molecular flexibility index (Phi) is 5.48. The number of nitrogens with zero attached hydrogens (tertiary/aromatic N) is 2. The van der Waals surface area contributed by atoms with Crippen LogP contribution in [0.3, 0.4) is 0 Å². The number of nitrogens with one attached hydrogen (secondary N) is 1. The van der Waals surface area contributed by atoms with Gasteiger partial charge in [0.1, 0.15) is 15.8 Å². The molecule has 0 aliphatic carbocycles. The zero-order valence-electron chi connectivity index (χ0n) is 17.5. The largest absolute Gasteiger partial charge is 0.497 e. The van der Waals surface area contributed by atoms with Gasteiger partial charge in [-0.2, -0.15) is 0 Å². The number of ether oxygens (including phenoxy) is 1. The smallest absolute Gasteiger partial charge is 0.256 e. The summed E-state index contributed by atoms with van der Waals surface area (Å²) in [6, 6.07) is 15.4. The fourth-order valence-electron chi connectivity index (χ4n) is 3.94. The molecule has 0 spiro atoms. The van der Waals surface area contributed by atoms with E-state index in [0.29, 0.717) is 5.56 Å². The van der Waals surface area contributed by atoms with Crippen LogP contribution in [0.25, 0.3) is 20.8 Å². The van der Waals surface area contributed by atoms with Crippen LogP contribution in [0.4, 0.5) is 5.00 Å². The number of rotatable bonds is 5. The van der Waals surface area contributed by atoms with E-state index < -0.39 is 0 Å². The average Bonchev–Trinajstić information content (AvgIpc) is 3.38. The van der Waals surface area contributed by atoms with Gasteiger partial charge in [-0.15, -0.1) is 22.7 Å². The summed E-state index contributed by atoms with van der Waals surface area (Å²) in [6.45, 7) is 5.18. The molecule has 1 N–H and O–H groups in total. The van der Waals surface area contributed by atoms with Crippen LogP contribution in [0.1, 0.15) is 27.7 Å². The Morgan fingerprint density at radius 1 is 1.16 bits per heavy atom. The predicted octanol–water partition coefficient (Wildman–Crippen LogP) is 5.66. The number of thiazole rings is 1. The number of benzene rings is 2. The van der Waals surface area contributed by atoms with Crippen molar-refractivity contribution in [2.75, 3.05) is 25.5 Å². The summed E-state index contributed by atoms with van der Waals surface area (Å²) in [5, 5.41) is 5.06. The molecule has 1 amide bonds. The Morgan fingerprint density at radius 3 is 2.71 bits per heavy atom. The molecule has 7 heteroatoms. The third-order valence-electron chi connectivity index (χ3n) is 5.67. The summed E-state index contributed by atoms with van der Waals surface area (Å²) in [7, 11) is 1.62. The molecule has 0 bridgehead atoms. The SMILES string of the molecule is CCN1CCc2c(sc(NC(=O)c3ccc(OC)cc3)c2-c2nc3ccccc3s2)C1. The second-order valence-corrected chi connectivity index (χ2v) is 9.63. The number of carbonyl (C=O) groups excluding carboxylic acids is 1. The van der Waals surface area contributed by atoms with Gasteiger partial charge in [0.05, 0.1) is 17.3 Å². The minimum absolute atomic E-state index is 0.115. The number of thiophene rings is 1. The number of aromatic nitrogens is 1. The monoisotopic (exact) mass is 449 g/mol. The van der Waals surface area contributed by atoms with Gasteiger partial charge in [0, 0.05) is 29.1 Å². The first-order valence-electron chi connectivity index (χ1n) is 10.3. The van der Waals surface area contributed by atoms with Crippen LogP contribution in [-0.2, 0) is 13.0 Å². The van der Waals surface area contributed by atoms with E-state index in [-0.39, 0.29) is 5.91 Å². The van der Waals surface area contributed by atoms with Crippen molar-refractivity contribution in [3.63, 3.8) is 0 Å². The molecule has 0 saturated carbocycles. The average molecular weight is 450 g/mol. The van der Waals surface area contributed by atoms with Crippen molar-refractivity contribution in [2.24, 2.45) is 0 Å². The highest BCUT2D eigenvalue weighted by Crippen LogP contribution is 2.45. The molecule has 2 aromatic carbocycles. The van der Waals surface area contributed by atoms with Crippen molar-refractivity contribution < 1.29 is 9.53 Å². The number of hydrogen-bond donors (Lipinski definition) is 1. The molecule has 0 fully saturated rings. The third kappa shape index (κ3) is 3.84. The maximum absolute atomic E-state index is 13.0. The first-order valence-corrected chi connectivity index (χ1v) is 12.0. The summed E-state index contributed by atoms with van der Waals surface area (Å²) in [4.78, 5) is 21.7. The van der Waals surface area contributed by atoms with Crippen LogP contribution in [0.2, 0.25) is 0 Å². The molecule has 0 unspecified atom stereocenters. The zero-order chi connectivity index (χ0) is 21.4. The summed E-state index contributed by atoms with van der Waals surface area (Å²) in [5.74, 6) is 0.619. The van der Waals surface area contributed by atoms with Crippen molar-refractivity contribution in [3.8, 4) is 16.3 Å². The number of fused-ring (bicyclic) bond motifs is 2. The molecule has 5 nitrogen and oxygen atoms in total. The normalized spacial score (nSPS) is 13.9. The van der Waals surface area contributed by atoms with Crippen LogP contribution in [0, 0.1) is 0 Å². The fraction of sp³-hybridized carbons (Fsp3) is 0.250. The number of para-hydroxylation sites is 1. The molecule has 3 heterocycles. The van der Waals surface area contributed by atoms with Gasteiger partial charge in [0.15, 0.2) is 0 Å². The van der Waals surface area contributed by atoms with Crippen molar-refractivity contribution in [1.29, 1.82) is 0 Å². The minimum Gasteiger partial charge on any atom is -0.497 e. The number of anilines is 1. The standard InChI is InChI=1S/C24H23N3O2S2/c1-3-27-13-12-17-20(14-27)31-24(26-22(28)15-8-10-16(29-2)11-9-15)21(17)23-25-18-6-4-5-7-19(18)30-23/h4-11H,3,12-14H2,1-2H3,(H,26,28). The summed E-state index contributed by atoms with van der Waals surface area (Å²) >= 11 is 3.38. The third-order valence-corrected chi connectivity index (χ3v) is 7.86. The summed E-state index contributed by atoms with van der Waals surface area (Å²) in [6.07, 6.45) is 0.976. The van der Waals surface area contributed by atoms with Gasteiger partial charge < -0.3 is 10.1 Å². The highest BCUT2D eigenvalue weighted by Gasteiger charge is 2.27. The zero-order valence-corrected chi connectivity index (χ0v) is 19.1. The molecule has 0 saturated heterocycles. The molecule has 31 heavy (non-hydrogen) atoms. The molecule has 1 aliphatic rings. The predicted molar refractivity (Wildman–Crippen MR) is 129 cm³/mol. The summed E-state index contributed by atoms with van der Waals surface area (Å²) in [5.41, 5.74) is 4.04. The van der Waals surface area contributed by atoms with E-state index in [4.69, 9.17) is 9.72 Å². The molecular weight excluding hydrogens is 426 g/mol. The van der Waals surface area contributed by atoms with Crippen LogP contribution in [0.15, 0.2) is 48.5 Å². The lowest BCUT2D eigenvalue weighted by Gasteiger charge is -2.25. The Bertz CT molecular complexity index is 1210. The number of hydrogen-bond acceptors (Lipinski definition) is 6. The molecule has 4 aromatic rings. The molecule has 158 valence electrons. The lowest BCUT2D eigenvalue weighted by atomic mass is 10.0. The fourth-order valence-corrected chi connectivity index (χ4v) is 6.33. The van der Waals surface area contributed by atoms with Crippen LogP contribution >= 0.6 is 22.7 Å². The Balaban J connectivity index is 1.55. The van der Waals surface area contributed by atoms with Crippen molar-refractivity contribution >= 4 is 43.8 Å². The number of methoxy groups -OCH3 is 1. The Hall–Kier alpha value is -2.74.